The number of aliphatic imine (C=N–C) groups is 1. The third-order valence-corrected chi connectivity index (χ3v) is 4.92. The number of amides is 1. The van der Waals surface area contributed by atoms with Gasteiger partial charge in [0.1, 0.15) is 5.75 Å². The maximum Gasteiger partial charge on any atom is 0.306 e. The summed E-state index contributed by atoms with van der Waals surface area (Å²) in [6, 6.07) is 15.0. The van der Waals surface area contributed by atoms with E-state index in [1.807, 2.05) is 36.4 Å². The van der Waals surface area contributed by atoms with Crippen molar-refractivity contribution in [3.05, 3.63) is 64.6 Å². The lowest BCUT2D eigenvalue weighted by atomic mass is 10.1. The Morgan fingerprint density at radius 1 is 1.21 bits per heavy atom. The zero-order valence-corrected chi connectivity index (χ0v) is 16.2. The topological polar surface area (TPSA) is 88.0 Å². The van der Waals surface area contributed by atoms with Crippen LogP contribution in [0.25, 0.3) is 6.08 Å². The summed E-state index contributed by atoms with van der Waals surface area (Å²) in [7, 11) is 0. The molecule has 0 saturated carbocycles. The van der Waals surface area contributed by atoms with Gasteiger partial charge in [0.15, 0.2) is 5.17 Å². The number of para-hydroxylation sites is 1. The number of rotatable bonds is 7. The van der Waals surface area contributed by atoms with Crippen molar-refractivity contribution >= 4 is 40.6 Å². The molecule has 0 spiro atoms. The molecular weight excluding hydrogens is 376 g/mol. The molecule has 1 aliphatic heterocycles. The van der Waals surface area contributed by atoms with Crippen LogP contribution < -0.4 is 10.1 Å². The predicted octanol–water partition coefficient (Wildman–Crippen LogP) is 3.99. The molecular formula is C21H20N2O4S. The molecule has 0 bridgehead atoms. The fourth-order valence-corrected chi connectivity index (χ4v) is 3.41. The van der Waals surface area contributed by atoms with Gasteiger partial charge in [0.25, 0.3) is 5.91 Å². The number of nitrogens with zero attached hydrogens (tertiary/aromatic N) is 1. The molecule has 1 fully saturated rings. The minimum atomic E-state index is -0.898. The third kappa shape index (κ3) is 5.23. The zero-order valence-electron chi connectivity index (χ0n) is 15.3. The van der Waals surface area contributed by atoms with Crippen molar-refractivity contribution < 1.29 is 19.4 Å². The number of carboxylic acids is 1. The maximum absolute atomic E-state index is 12.2. The van der Waals surface area contributed by atoms with E-state index in [0.29, 0.717) is 15.8 Å². The highest BCUT2D eigenvalue weighted by atomic mass is 32.2. The first-order valence-corrected chi connectivity index (χ1v) is 9.69. The van der Waals surface area contributed by atoms with E-state index in [-0.39, 0.29) is 18.9 Å². The van der Waals surface area contributed by atoms with Crippen LogP contribution in [-0.4, -0.2) is 28.8 Å². The Hall–Kier alpha value is -3.06. The second kappa shape index (κ2) is 9.23. The van der Waals surface area contributed by atoms with Gasteiger partial charge in [0, 0.05) is 0 Å². The van der Waals surface area contributed by atoms with Gasteiger partial charge in [-0.25, -0.2) is 4.99 Å². The molecule has 6 nitrogen and oxygen atoms in total. The van der Waals surface area contributed by atoms with Crippen molar-refractivity contribution in [1.29, 1.82) is 0 Å². The Morgan fingerprint density at radius 3 is 2.68 bits per heavy atom. The quantitative estimate of drug-likeness (QED) is 0.691. The first-order valence-electron chi connectivity index (χ1n) is 8.87. The van der Waals surface area contributed by atoms with Gasteiger partial charge in [-0.1, -0.05) is 37.3 Å². The van der Waals surface area contributed by atoms with Crippen molar-refractivity contribution in [2.75, 3.05) is 6.61 Å². The van der Waals surface area contributed by atoms with Crippen LogP contribution in [0.15, 0.2) is 58.4 Å². The average molecular weight is 396 g/mol. The van der Waals surface area contributed by atoms with Crippen molar-refractivity contribution in [2.24, 2.45) is 4.99 Å². The molecule has 2 N–H and O–H groups in total. The number of hydrogen-bond acceptors (Lipinski definition) is 5. The summed E-state index contributed by atoms with van der Waals surface area (Å²) in [6.45, 7) is 2.19. The average Bonchev–Trinajstić information content (AvgIpc) is 3.02. The first kappa shape index (κ1) is 19.7. The maximum atomic E-state index is 12.2. The number of benzene rings is 2. The van der Waals surface area contributed by atoms with Crippen LogP contribution in [-0.2, 0) is 16.0 Å². The third-order valence-electron chi connectivity index (χ3n) is 4.01. The highest BCUT2D eigenvalue weighted by Gasteiger charge is 2.24. The van der Waals surface area contributed by atoms with E-state index in [0.717, 1.165) is 23.2 Å². The number of ether oxygens (including phenoxy) is 1. The summed E-state index contributed by atoms with van der Waals surface area (Å²) >= 11 is 1.30. The smallest absolute Gasteiger partial charge is 0.306 e. The molecule has 2 aromatic carbocycles. The van der Waals surface area contributed by atoms with Crippen LogP contribution >= 0.6 is 11.8 Å². The van der Waals surface area contributed by atoms with Crippen molar-refractivity contribution in [3.8, 4) is 5.75 Å². The van der Waals surface area contributed by atoms with Crippen LogP contribution in [0.1, 0.15) is 24.5 Å². The molecule has 0 atom stereocenters. The van der Waals surface area contributed by atoms with Crippen LogP contribution in [0.3, 0.4) is 0 Å². The van der Waals surface area contributed by atoms with Crippen molar-refractivity contribution in [3.63, 3.8) is 0 Å². The molecule has 1 saturated heterocycles. The molecule has 3 rings (SSSR count). The van der Waals surface area contributed by atoms with E-state index in [1.54, 1.807) is 18.2 Å². The van der Waals surface area contributed by atoms with Crippen molar-refractivity contribution in [2.45, 2.75) is 19.8 Å². The minimum Gasteiger partial charge on any atom is -0.493 e. The van der Waals surface area contributed by atoms with E-state index in [2.05, 4.69) is 17.2 Å². The second-order valence-electron chi connectivity index (χ2n) is 6.03. The molecule has 28 heavy (non-hydrogen) atoms. The van der Waals surface area contributed by atoms with E-state index in [1.165, 1.54) is 11.8 Å². The largest absolute Gasteiger partial charge is 0.493 e. The highest BCUT2D eigenvalue weighted by molar-refractivity contribution is 8.18. The highest BCUT2D eigenvalue weighted by Crippen LogP contribution is 2.29. The minimum absolute atomic E-state index is 0.0497. The fraction of sp³-hybridized carbons (Fsp3) is 0.190. The lowest BCUT2D eigenvalue weighted by molar-refractivity contribution is -0.137. The molecule has 2 aromatic rings. The number of carbonyl (C=O) groups excluding carboxylic acids is 1. The van der Waals surface area contributed by atoms with Gasteiger partial charge in [0.05, 0.1) is 23.6 Å². The molecule has 0 aromatic heterocycles. The second-order valence-corrected chi connectivity index (χ2v) is 7.06. The van der Waals surface area contributed by atoms with Gasteiger partial charge in [0.2, 0.25) is 0 Å². The molecule has 1 aliphatic rings. The number of thioether (sulfide) groups is 1. The van der Waals surface area contributed by atoms with Gasteiger partial charge in [-0.05, 0) is 53.6 Å². The normalized spacial score (nSPS) is 16.4. The van der Waals surface area contributed by atoms with E-state index >= 15 is 0 Å². The van der Waals surface area contributed by atoms with Gasteiger partial charge < -0.3 is 15.2 Å². The number of amidine groups is 1. The van der Waals surface area contributed by atoms with E-state index in [4.69, 9.17) is 9.84 Å². The Kier molecular flexibility index (Phi) is 6.49. The van der Waals surface area contributed by atoms with Gasteiger partial charge in [-0.2, -0.15) is 0 Å². The standard InChI is InChI=1S/C21H20N2O4S/c1-2-15-5-3-4-6-17(15)22-21-23-20(26)18(28-21)13-14-7-9-16(10-8-14)27-12-11-19(24)25/h3-10,13H,2,11-12H2,1H3,(H,24,25)(H,22,23,26)/b18-13+. The number of nitrogens with one attached hydrogen (secondary N) is 1. The Labute approximate surface area is 167 Å². The van der Waals surface area contributed by atoms with E-state index in [9.17, 15) is 9.59 Å². The first-order chi connectivity index (χ1) is 13.5. The molecule has 0 aliphatic carbocycles. The molecule has 144 valence electrons. The molecule has 0 unspecified atom stereocenters. The van der Waals surface area contributed by atoms with Crippen LogP contribution in [0.2, 0.25) is 0 Å². The summed E-state index contributed by atoms with van der Waals surface area (Å²) in [5.74, 6) is -0.491. The Bertz CT molecular complexity index is 936. The number of aryl methyl sites for hydroxylation is 1. The molecule has 7 heteroatoms. The summed E-state index contributed by atoms with van der Waals surface area (Å²) in [4.78, 5) is 27.9. The number of aliphatic carboxylic acids is 1. The van der Waals surface area contributed by atoms with Gasteiger partial charge >= 0.3 is 5.97 Å². The van der Waals surface area contributed by atoms with Gasteiger partial charge in [-0.15, -0.1) is 0 Å². The van der Waals surface area contributed by atoms with Gasteiger partial charge in [-0.3, -0.25) is 9.59 Å². The lowest BCUT2D eigenvalue weighted by Gasteiger charge is -2.04. The Balaban J connectivity index is 1.68. The summed E-state index contributed by atoms with van der Waals surface area (Å²) in [5.41, 5.74) is 2.83. The van der Waals surface area contributed by atoms with Crippen LogP contribution in [0, 0.1) is 0 Å². The molecule has 0 radical (unpaired) electrons. The van der Waals surface area contributed by atoms with Crippen LogP contribution in [0.4, 0.5) is 5.69 Å². The predicted molar refractivity (Wildman–Crippen MR) is 111 cm³/mol. The van der Waals surface area contributed by atoms with E-state index < -0.39 is 5.97 Å². The fourth-order valence-electron chi connectivity index (χ4n) is 2.58. The molecule has 1 heterocycles. The monoisotopic (exact) mass is 396 g/mol. The summed E-state index contributed by atoms with van der Waals surface area (Å²) in [6.07, 6.45) is 2.61. The number of carbonyl (C=O) groups is 2. The number of carboxylic acid groups (broad SMARTS) is 1. The molecule has 1 amide bonds. The summed E-state index contributed by atoms with van der Waals surface area (Å²) in [5, 5.41) is 12.0. The van der Waals surface area contributed by atoms with Crippen LogP contribution in [0.5, 0.6) is 5.75 Å². The van der Waals surface area contributed by atoms with Crippen molar-refractivity contribution in [1.82, 2.24) is 5.32 Å². The number of hydrogen-bond donors (Lipinski definition) is 2. The summed E-state index contributed by atoms with van der Waals surface area (Å²) < 4.78 is 5.36. The zero-order chi connectivity index (χ0) is 19.9. The lowest BCUT2D eigenvalue weighted by Crippen LogP contribution is -2.19. The SMILES string of the molecule is CCc1ccccc1N=C1NC(=O)/C(=C\c2ccc(OCCC(=O)O)cc2)S1. The Morgan fingerprint density at radius 2 is 1.96 bits per heavy atom.